The van der Waals surface area contributed by atoms with Crippen LogP contribution in [0.2, 0.25) is 0 Å². The Morgan fingerprint density at radius 3 is 3.00 bits per heavy atom. The average Bonchev–Trinajstić information content (AvgIpc) is 2.65. The van der Waals surface area contributed by atoms with E-state index in [0.29, 0.717) is 13.2 Å². The number of hydrogen-bond acceptors (Lipinski definition) is 4. The lowest BCUT2D eigenvalue weighted by Crippen LogP contribution is -2.18. The highest BCUT2D eigenvalue weighted by atomic mass is 16.6. The van der Waals surface area contributed by atoms with Crippen LogP contribution < -0.4 is 0 Å². The van der Waals surface area contributed by atoms with Crippen LogP contribution in [0, 0.1) is 17.8 Å². The van der Waals surface area contributed by atoms with Gasteiger partial charge in [0.05, 0.1) is 19.1 Å². The number of hydrogen-bond donors (Lipinski definition) is 1. The fourth-order valence-electron chi connectivity index (χ4n) is 1.90. The van der Waals surface area contributed by atoms with Crippen molar-refractivity contribution in [1.29, 1.82) is 0 Å². The molecule has 0 spiro atoms. The molecule has 68 valence electrons. The molecular weight excluding hydrogens is 160 g/mol. The highest BCUT2D eigenvalue weighted by Crippen LogP contribution is 2.53. The van der Waals surface area contributed by atoms with Crippen LogP contribution in [0.1, 0.15) is 6.92 Å². The van der Waals surface area contributed by atoms with Gasteiger partial charge in [-0.2, -0.15) is 0 Å². The summed E-state index contributed by atoms with van der Waals surface area (Å²) in [6.45, 7) is 2.68. The number of carbonyl (C=O) groups is 1. The highest BCUT2D eigenvalue weighted by molar-refractivity contribution is 5.76. The van der Waals surface area contributed by atoms with E-state index in [-0.39, 0.29) is 23.7 Å². The van der Waals surface area contributed by atoms with E-state index in [9.17, 15) is 9.90 Å². The molecule has 12 heavy (non-hydrogen) atoms. The van der Waals surface area contributed by atoms with Crippen molar-refractivity contribution in [2.45, 2.75) is 13.2 Å². The van der Waals surface area contributed by atoms with Crippen LogP contribution in [0.15, 0.2) is 0 Å². The van der Waals surface area contributed by atoms with Gasteiger partial charge in [0.15, 0.2) is 6.29 Å². The molecule has 0 aromatic heterocycles. The second kappa shape index (κ2) is 2.71. The number of aliphatic hydroxyl groups excluding tert-OH is 1. The number of carbonyl (C=O) groups excluding carboxylic acids is 1. The lowest BCUT2D eigenvalue weighted by atomic mass is 10.3. The van der Waals surface area contributed by atoms with Gasteiger partial charge in [-0.15, -0.1) is 0 Å². The first-order valence-corrected chi connectivity index (χ1v) is 4.22. The zero-order valence-electron chi connectivity index (χ0n) is 6.90. The number of ether oxygens (including phenoxy) is 2. The predicted molar refractivity (Wildman–Crippen MR) is 39.1 cm³/mol. The van der Waals surface area contributed by atoms with Gasteiger partial charge in [0.2, 0.25) is 0 Å². The summed E-state index contributed by atoms with van der Waals surface area (Å²) in [5.41, 5.74) is 0. The fraction of sp³-hybridized carbons (Fsp3) is 0.875. The molecule has 0 radical (unpaired) electrons. The summed E-state index contributed by atoms with van der Waals surface area (Å²) in [6.07, 6.45) is -0.746. The van der Waals surface area contributed by atoms with Crippen molar-refractivity contribution >= 4 is 5.97 Å². The average molecular weight is 172 g/mol. The summed E-state index contributed by atoms with van der Waals surface area (Å²) in [5.74, 6) is -0.0772. The SMILES string of the molecule is CCOC(=O)[C@H]1[C@@H]2COC(O)[C@@H]21. The van der Waals surface area contributed by atoms with Gasteiger partial charge in [0, 0.05) is 11.8 Å². The van der Waals surface area contributed by atoms with Gasteiger partial charge < -0.3 is 14.6 Å². The molecule has 0 bridgehead atoms. The molecule has 4 atom stereocenters. The van der Waals surface area contributed by atoms with Gasteiger partial charge in [-0.25, -0.2) is 0 Å². The van der Waals surface area contributed by atoms with Crippen LogP contribution in [0.25, 0.3) is 0 Å². The summed E-state index contributed by atoms with van der Waals surface area (Å²) in [7, 11) is 0. The van der Waals surface area contributed by atoms with Crippen molar-refractivity contribution in [1.82, 2.24) is 0 Å². The minimum Gasteiger partial charge on any atom is -0.466 e. The molecule has 0 amide bonds. The molecule has 4 nitrogen and oxygen atoms in total. The van der Waals surface area contributed by atoms with Gasteiger partial charge in [-0.1, -0.05) is 0 Å². The molecule has 2 rings (SSSR count). The third-order valence-corrected chi connectivity index (χ3v) is 2.58. The third-order valence-electron chi connectivity index (χ3n) is 2.58. The molecule has 1 saturated carbocycles. The number of esters is 1. The Hall–Kier alpha value is -0.610. The van der Waals surface area contributed by atoms with Crippen molar-refractivity contribution in [3.05, 3.63) is 0 Å². The van der Waals surface area contributed by atoms with E-state index in [0.717, 1.165) is 0 Å². The predicted octanol–water partition coefficient (Wildman–Crippen LogP) is -0.240. The van der Waals surface area contributed by atoms with Gasteiger partial charge >= 0.3 is 5.97 Å². The van der Waals surface area contributed by atoms with E-state index in [1.165, 1.54) is 0 Å². The molecule has 1 aliphatic carbocycles. The molecule has 0 aromatic rings. The topological polar surface area (TPSA) is 55.8 Å². The first-order valence-electron chi connectivity index (χ1n) is 4.22. The number of fused-ring (bicyclic) bond motifs is 1. The normalized spacial score (nSPS) is 43.8. The minimum atomic E-state index is -0.746. The second-order valence-electron chi connectivity index (χ2n) is 3.24. The molecule has 4 heteroatoms. The monoisotopic (exact) mass is 172 g/mol. The molecule has 1 unspecified atom stereocenters. The maximum atomic E-state index is 11.2. The van der Waals surface area contributed by atoms with Crippen LogP contribution in [0.5, 0.6) is 0 Å². The van der Waals surface area contributed by atoms with Crippen molar-refractivity contribution in [3.8, 4) is 0 Å². The Morgan fingerprint density at radius 1 is 1.75 bits per heavy atom. The Kier molecular flexibility index (Phi) is 1.81. The van der Waals surface area contributed by atoms with E-state index in [4.69, 9.17) is 9.47 Å². The lowest BCUT2D eigenvalue weighted by molar-refractivity contribution is -0.150. The molecule has 1 aliphatic heterocycles. The van der Waals surface area contributed by atoms with Crippen molar-refractivity contribution in [2.24, 2.45) is 17.8 Å². The van der Waals surface area contributed by atoms with Crippen LogP contribution in [-0.2, 0) is 14.3 Å². The highest BCUT2D eigenvalue weighted by Gasteiger charge is 2.63. The fourth-order valence-corrected chi connectivity index (χ4v) is 1.90. The van der Waals surface area contributed by atoms with Crippen LogP contribution in [0.3, 0.4) is 0 Å². The van der Waals surface area contributed by atoms with Crippen LogP contribution in [0.4, 0.5) is 0 Å². The molecule has 2 aliphatic rings. The Labute approximate surface area is 70.5 Å². The molecule has 0 aromatic carbocycles. The smallest absolute Gasteiger partial charge is 0.309 e. The first-order chi connectivity index (χ1) is 5.75. The Bertz CT molecular complexity index is 203. The van der Waals surface area contributed by atoms with E-state index in [2.05, 4.69) is 0 Å². The maximum Gasteiger partial charge on any atom is 0.309 e. The van der Waals surface area contributed by atoms with E-state index in [1.54, 1.807) is 6.92 Å². The summed E-state index contributed by atoms with van der Waals surface area (Å²) >= 11 is 0. The maximum absolute atomic E-state index is 11.2. The standard InChI is InChI=1S/C8H12O4/c1-2-11-7(9)5-4-3-12-8(10)6(4)5/h4-6,8,10H,2-3H2,1H3/t4-,5-,6-,8?/m0/s1. The minimum absolute atomic E-state index is 0.00375. The van der Waals surface area contributed by atoms with Gasteiger partial charge in [0.1, 0.15) is 0 Å². The zero-order valence-corrected chi connectivity index (χ0v) is 6.90. The van der Waals surface area contributed by atoms with E-state index in [1.807, 2.05) is 0 Å². The molecule has 1 saturated heterocycles. The molecular formula is C8H12O4. The van der Waals surface area contributed by atoms with Crippen molar-refractivity contribution in [3.63, 3.8) is 0 Å². The number of rotatable bonds is 2. The largest absolute Gasteiger partial charge is 0.466 e. The lowest BCUT2D eigenvalue weighted by Gasteiger charge is -2.07. The van der Waals surface area contributed by atoms with E-state index >= 15 is 0 Å². The Morgan fingerprint density at radius 2 is 2.50 bits per heavy atom. The third kappa shape index (κ3) is 1.03. The van der Waals surface area contributed by atoms with Gasteiger partial charge in [0.25, 0.3) is 0 Å². The summed E-state index contributed by atoms with van der Waals surface area (Å²) in [4.78, 5) is 11.2. The molecule has 1 heterocycles. The molecule has 2 fully saturated rings. The number of aliphatic hydroxyl groups is 1. The van der Waals surface area contributed by atoms with Crippen molar-refractivity contribution in [2.75, 3.05) is 13.2 Å². The summed E-state index contributed by atoms with van der Waals surface area (Å²) < 4.78 is 9.77. The van der Waals surface area contributed by atoms with Crippen LogP contribution >= 0.6 is 0 Å². The van der Waals surface area contributed by atoms with Gasteiger partial charge in [-0.05, 0) is 6.92 Å². The van der Waals surface area contributed by atoms with Gasteiger partial charge in [-0.3, -0.25) is 4.79 Å². The van der Waals surface area contributed by atoms with Crippen molar-refractivity contribution < 1.29 is 19.4 Å². The quantitative estimate of drug-likeness (QED) is 0.584. The summed E-state index contributed by atoms with van der Waals surface area (Å²) in [5, 5.41) is 9.20. The Balaban J connectivity index is 1.90. The van der Waals surface area contributed by atoms with Crippen LogP contribution in [-0.4, -0.2) is 30.6 Å². The first kappa shape index (κ1) is 8.01. The summed E-state index contributed by atoms with van der Waals surface area (Å²) in [6, 6.07) is 0. The zero-order chi connectivity index (χ0) is 8.72. The second-order valence-corrected chi connectivity index (χ2v) is 3.24. The van der Waals surface area contributed by atoms with E-state index < -0.39 is 6.29 Å². The molecule has 1 N–H and O–H groups in total.